The van der Waals surface area contributed by atoms with Crippen molar-refractivity contribution in [2.45, 2.75) is 13.3 Å². The van der Waals surface area contributed by atoms with Crippen LogP contribution < -0.4 is 9.80 Å². The van der Waals surface area contributed by atoms with Gasteiger partial charge < -0.3 is 14.7 Å². The number of para-hydroxylation sites is 1. The van der Waals surface area contributed by atoms with Crippen LogP contribution in [0, 0.1) is 12.7 Å². The Morgan fingerprint density at radius 1 is 0.886 bits per heavy atom. The molecule has 4 aromatic rings. The van der Waals surface area contributed by atoms with E-state index in [-0.39, 0.29) is 11.7 Å². The number of fused-ring (bicyclic) bond motifs is 2. The third kappa shape index (κ3) is 3.99. The largest absolute Gasteiger partial charge is 0.366 e. The topological polar surface area (TPSA) is 39.7 Å². The number of benzene rings is 3. The van der Waals surface area contributed by atoms with Crippen LogP contribution in [0.5, 0.6) is 0 Å². The van der Waals surface area contributed by atoms with Gasteiger partial charge in [0, 0.05) is 49.4 Å². The third-order valence-electron chi connectivity index (χ3n) is 7.08. The molecule has 35 heavy (non-hydrogen) atoms. The van der Waals surface area contributed by atoms with Crippen LogP contribution in [0.4, 0.5) is 21.6 Å². The number of hydrogen-bond acceptors (Lipinski definition) is 4. The summed E-state index contributed by atoms with van der Waals surface area (Å²) in [7, 11) is 0. The van der Waals surface area contributed by atoms with E-state index in [0.717, 1.165) is 30.0 Å². The molecule has 0 unspecified atom stereocenters. The summed E-state index contributed by atoms with van der Waals surface area (Å²) in [5.74, 6) is 0.807. The molecule has 0 spiro atoms. The molecule has 2 aliphatic heterocycles. The van der Waals surface area contributed by atoms with Gasteiger partial charge in [-0.05, 0) is 73.0 Å². The Balaban J connectivity index is 1.16. The van der Waals surface area contributed by atoms with Gasteiger partial charge in [0.15, 0.2) is 0 Å². The van der Waals surface area contributed by atoms with Gasteiger partial charge in [0.25, 0.3) is 5.91 Å². The van der Waals surface area contributed by atoms with Gasteiger partial charge in [-0.15, -0.1) is 0 Å². The Morgan fingerprint density at radius 2 is 1.66 bits per heavy atom. The summed E-state index contributed by atoms with van der Waals surface area (Å²) in [4.78, 5) is 24.2. The maximum Gasteiger partial charge on any atom is 0.253 e. The molecule has 0 radical (unpaired) electrons. The van der Waals surface area contributed by atoms with E-state index in [1.54, 1.807) is 12.1 Å². The molecule has 0 N–H and O–H groups in total. The summed E-state index contributed by atoms with van der Waals surface area (Å²) in [5, 5.41) is 1.17. The standard InChI is InChI=1S/C29H27FN4O/c1-20-6-7-22-19-23-12-13-34(28(23)31-26(22)18-20)24-10-8-21(9-11-24)29(35)33-16-14-32(15-17-33)27-5-3-2-4-25(27)30/h2-11,18-19H,12-17H2,1H3. The number of carbonyl (C=O) groups excluding carboxylic acids is 1. The van der Waals surface area contributed by atoms with Crippen LogP contribution in [-0.2, 0) is 6.42 Å². The lowest BCUT2D eigenvalue weighted by molar-refractivity contribution is 0.0746. The molecule has 0 saturated carbocycles. The Kier molecular flexibility index (Phi) is 5.36. The number of carbonyl (C=O) groups is 1. The Labute approximate surface area is 204 Å². The maximum absolute atomic E-state index is 14.1. The van der Waals surface area contributed by atoms with E-state index in [1.165, 1.54) is 22.6 Å². The van der Waals surface area contributed by atoms with Crippen molar-refractivity contribution in [1.82, 2.24) is 9.88 Å². The summed E-state index contributed by atoms with van der Waals surface area (Å²) < 4.78 is 14.1. The number of nitrogens with zero attached hydrogens (tertiary/aromatic N) is 4. The molecule has 1 aromatic heterocycles. The highest BCUT2D eigenvalue weighted by atomic mass is 19.1. The van der Waals surface area contributed by atoms with Gasteiger partial charge in [0.1, 0.15) is 11.6 Å². The van der Waals surface area contributed by atoms with E-state index in [4.69, 9.17) is 4.98 Å². The van der Waals surface area contributed by atoms with Crippen LogP contribution >= 0.6 is 0 Å². The molecule has 2 aliphatic rings. The first kappa shape index (κ1) is 21.6. The van der Waals surface area contributed by atoms with Crippen molar-refractivity contribution in [3.8, 4) is 0 Å². The van der Waals surface area contributed by atoms with Crippen LogP contribution in [0.1, 0.15) is 21.5 Å². The van der Waals surface area contributed by atoms with Crippen molar-refractivity contribution < 1.29 is 9.18 Å². The molecule has 1 amide bonds. The molecule has 0 bridgehead atoms. The number of pyridine rings is 1. The van der Waals surface area contributed by atoms with E-state index in [0.29, 0.717) is 37.4 Å². The maximum atomic E-state index is 14.1. The van der Waals surface area contributed by atoms with Crippen LogP contribution in [0.3, 0.4) is 0 Å². The zero-order valence-corrected chi connectivity index (χ0v) is 19.7. The number of piperazine rings is 1. The van der Waals surface area contributed by atoms with Crippen molar-refractivity contribution in [2.24, 2.45) is 0 Å². The first-order valence-electron chi connectivity index (χ1n) is 12.1. The molecule has 176 valence electrons. The zero-order chi connectivity index (χ0) is 23.9. The summed E-state index contributed by atoms with van der Waals surface area (Å²) in [6.07, 6.45) is 0.957. The SMILES string of the molecule is Cc1ccc2cc3c(nc2c1)N(c1ccc(C(=O)N2CCN(c4ccccc4F)CC2)cc1)CC3. The van der Waals surface area contributed by atoms with Gasteiger partial charge in [-0.3, -0.25) is 4.79 Å². The minimum absolute atomic E-state index is 0.0196. The number of aromatic nitrogens is 1. The van der Waals surface area contributed by atoms with Crippen LogP contribution in [0.15, 0.2) is 72.8 Å². The van der Waals surface area contributed by atoms with E-state index in [2.05, 4.69) is 36.1 Å². The molecule has 3 aromatic carbocycles. The first-order valence-corrected chi connectivity index (χ1v) is 12.1. The Bertz CT molecular complexity index is 1410. The lowest BCUT2D eigenvalue weighted by atomic mass is 10.1. The molecule has 3 heterocycles. The predicted molar refractivity (Wildman–Crippen MR) is 138 cm³/mol. The van der Waals surface area contributed by atoms with Gasteiger partial charge in [-0.2, -0.15) is 0 Å². The fourth-order valence-electron chi connectivity index (χ4n) is 5.14. The highest BCUT2D eigenvalue weighted by Gasteiger charge is 2.25. The van der Waals surface area contributed by atoms with Crippen molar-refractivity contribution in [3.63, 3.8) is 0 Å². The normalized spacial score (nSPS) is 15.5. The molecule has 6 heteroatoms. The number of aryl methyl sites for hydroxylation is 1. The van der Waals surface area contributed by atoms with Crippen molar-refractivity contribution in [2.75, 3.05) is 42.5 Å². The fourth-order valence-corrected chi connectivity index (χ4v) is 5.14. The van der Waals surface area contributed by atoms with Gasteiger partial charge in [0.05, 0.1) is 11.2 Å². The lowest BCUT2D eigenvalue weighted by Crippen LogP contribution is -2.49. The molecule has 1 fully saturated rings. The van der Waals surface area contributed by atoms with Gasteiger partial charge in [-0.25, -0.2) is 9.37 Å². The van der Waals surface area contributed by atoms with Crippen LogP contribution in [0.2, 0.25) is 0 Å². The summed E-state index contributed by atoms with van der Waals surface area (Å²) in [6, 6.07) is 23.3. The second kappa shape index (κ2) is 8.69. The number of halogens is 1. The predicted octanol–water partition coefficient (Wildman–Crippen LogP) is 5.34. The zero-order valence-electron chi connectivity index (χ0n) is 19.7. The monoisotopic (exact) mass is 466 g/mol. The second-order valence-electron chi connectivity index (χ2n) is 9.35. The average Bonchev–Trinajstić information content (AvgIpc) is 3.30. The first-order chi connectivity index (χ1) is 17.1. The van der Waals surface area contributed by atoms with E-state index < -0.39 is 0 Å². The number of amides is 1. The smallest absolute Gasteiger partial charge is 0.253 e. The third-order valence-corrected chi connectivity index (χ3v) is 7.08. The highest BCUT2D eigenvalue weighted by Crippen LogP contribution is 2.35. The van der Waals surface area contributed by atoms with Crippen LogP contribution in [0.25, 0.3) is 10.9 Å². The molecule has 0 atom stereocenters. The second-order valence-corrected chi connectivity index (χ2v) is 9.35. The summed E-state index contributed by atoms with van der Waals surface area (Å²) in [5.41, 5.74) is 5.79. The molecule has 6 rings (SSSR count). The van der Waals surface area contributed by atoms with Gasteiger partial charge in [-0.1, -0.05) is 24.3 Å². The molecule has 1 saturated heterocycles. The van der Waals surface area contributed by atoms with Gasteiger partial charge >= 0.3 is 0 Å². The number of hydrogen-bond donors (Lipinski definition) is 0. The Morgan fingerprint density at radius 3 is 2.43 bits per heavy atom. The van der Waals surface area contributed by atoms with Crippen molar-refractivity contribution in [3.05, 3.63) is 95.3 Å². The summed E-state index contributed by atoms with van der Waals surface area (Å²) >= 11 is 0. The molecular weight excluding hydrogens is 439 g/mol. The van der Waals surface area contributed by atoms with Crippen LogP contribution in [-0.4, -0.2) is 48.5 Å². The quantitative estimate of drug-likeness (QED) is 0.409. The minimum Gasteiger partial charge on any atom is -0.366 e. The summed E-state index contributed by atoms with van der Waals surface area (Å²) in [6.45, 7) is 5.35. The van der Waals surface area contributed by atoms with E-state index in [9.17, 15) is 9.18 Å². The minimum atomic E-state index is -0.219. The average molecular weight is 467 g/mol. The molecule has 0 aliphatic carbocycles. The molecular formula is C29H27FN4O. The Hall–Kier alpha value is -3.93. The van der Waals surface area contributed by atoms with Crippen molar-refractivity contribution in [1.29, 1.82) is 0 Å². The van der Waals surface area contributed by atoms with E-state index >= 15 is 0 Å². The van der Waals surface area contributed by atoms with E-state index in [1.807, 2.05) is 40.1 Å². The fraction of sp³-hybridized carbons (Fsp3) is 0.241. The lowest BCUT2D eigenvalue weighted by Gasteiger charge is -2.36. The van der Waals surface area contributed by atoms with Crippen molar-refractivity contribution >= 4 is 34.0 Å². The number of anilines is 3. The molecule has 5 nitrogen and oxygen atoms in total. The highest BCUT2D eigenvalue weighted by molar-refractivity contribution is 5.95. The van der Waals surface area contributed by atoms with Gasteiger partial charge in [0.2, 0.25) is 0 Å². The number of rotatable bonds is 3.